The Kier molecular flexibility index (Phi) is 3.85. The molecule has 0 aliphatic heterocycles. The number of hydrogen-bond donors (Lipinski definition) is 2. The molecule has 1 amide bonds. The Morgan fingerprint density at radius 2 is 1.74 bits per heavy atom. The number of carbonyl (C=O) groups is 1. The molecule has 2 N–H and O–H groups in total. The average molecular weight is 307 g/mol. The first-order chi connectivity index (χ1) is 11.0. The number of hydrogen-bond acceptors (Lipinski definition) is 3. The van der Waals surface area contributed by atoms with Crippen molar-refractivity contribution in [2.45, 2.75) is 0 Å². The molecule has 23 heavy (non-hydrogen) atoms. The maximum absolute atomic E-state index is 12.5. The maximum Gasteiger partial charge on any atom is 0.256 e. The highest BCUT2D eigenvalue weighted by Crippen LogP contribution is 2.19. The summed E-state index contributed by atoms with van der Waals surface area (Å²) in [5, 5.41) is 3.55. The summed E-state index contributed by atoms with van der Waals surface area (Å²) in [5.41, 5.74) is 2.44. The standard InChI is InChI=1S/C18H17N3O2/c1-21(2)13-9-7-12(8-10-13)19-18(23)15-11-17(22)20-16-6-4-3-5-14(15)16/h3-11H,1-2H3,(H,19,23)(H,20,22). The zero-order chi connectivity index (χ0) is 16.4. The third-order valence-corrected chi connectivity index (χ3v) is 3.64. The second-order valence-electron chi connectivity index (χ2n) is 5.49. The molecular weight excluding hydrogens is 290 g/mol. The van der Waals surface area contributed by atoms with Crippen molar-refractivity contribution >= 4 is 28.2 Å². The lowest BCUT2D eigenvalue weighted by Crippen LogP contribution is -2.17. The van der Waals surface area contributed by atoms with Crippen molar-refractivity contribution in [3.8, 4) is 0 Å². The van der Waals surface area contributed by atoms with Crippen LogP contribution < -0.4 is 15.8 Å². The second-order valence-corrected chi connectivity index (χ2v) is 5.49. The first-order valence-corrected chi connectivity index (χ1v) is 7.25. The molecule has 0 aliphatic carbocycles. The number of rotatable bonds is 3. The monoisotopic (exact) mass is 307 g/mol. The SMILES string of the molecule is CN(C)c1ccc(NC(=O)c2cc(=O)[nH]c3ccccc23)cc1. The van der Waals surface area contributed by atoms with E-state index in [1.54, 1.807) is 6.07 Å². The molecule has 5 nitrogen and oxygen atoms in total. The van der Waals surface area contributed by atoms with Gasteiger partial charge in [0.25, 0.3) is 5.91 Å². The van der Waals surface area contributed by atoms with Gasteiger partial charge in [-0.05, 0) is 30.3 Å². The topological polar surface area (TPSA) is 65.2 Å². The summed E-state index contributed by atoms with van der Waals surface area (Å²) in [4.78, 5) is 29.0. The molecule has 0 fully saturated rings. The van der Waals surface area contributed by atoms with Crippen LogP contribution in [0.5, 0.6) is 0 Å². The predicted molar refractivity (Wildman–Crippen MR) is 93.3 cm³/mol. The van der Waals surface area contributed by atoms with Gasteiger partial charge in [-0.15, -0.1) is 0 Å². The Balaban J connectivity index is 1.93. The second kappa shape index (κ2) is 5.96. The first kappa shape index (κ1) is 14.8. The lowest BCUT2D eigenvalue weighted by molar-refractivity contribution is 0.102. The van der Waals surface area contributed by atoms with E-state index < -0.39 is 0 Å². The van der Waals surface area contributed by atoms with Crippen LogP contribution in [0.3, 0.4) is 0 Å². The van der Waals surface area contributed by atoms with Crippen LogP contribution in [-0.2, 0) is 0 Å². The number of H-pyrrole nitrogens is 1. The molecule has 0 bridgehead atoms. The molecule has 0 atom stereocenters. The molecule has 0 saturated heterocycles. The number of pyridine rings is 1. The van der Waals surface area contributed by atoms with Crippen molar-refractivity contribution < 1.29 is 4.79 Å². The van der Waals surface area contributed by atoms with Crippen LogP contribution in [0.15, 0.2) is 59.4 Å². The van der Waals surface area contributed by atoms with Gasteiger partial charge < -0.3 is 15.2 Å². The average Bonchev–Trinajstić information content (AvgIpc) is 2.54. The van der Waals surface area contributed by atoms with Crippen molar-refractivity contribution in [3.63, 3.8) is 0 Å². The van der Waals surface area contributed by atoms with E-state index in [0.29, 0.717) is 16.8 Å². The molecule has 0 radical (unpaired) electrons. The van der Waals surface area contributed by atoms with Crippen molar-refractivity contribution in [3.05, 3.63) is 70.5 Å². The van der Waals surface area contributed by atoms with E-state index in [1.807, 2.05) is 61.5 Å². The highest BCUT2D eigenvalue weighted by Gasteiger charge is 2.12. The van der Waals surface area contributed by atoms with E-state index in [0.717, 1.165) is 11.1 Å². The van der Waals surface area contributed by atoms with Crippen LogP contribution in [0.4, 0.5) is 11.4 Å². The molecule has 0 aliphatic rings. The van der Waals surface area contributed by atoms with E-state index in [4.69, 9.17) is 0 Å². The molecule has 2 aromatic carbocycles. The Labute approximate surface area is 133 Å². The number of amides is 1. The fraction of sp³-hybridized carbons (Fsp3) is 0.111. The minimum atomic E-state index is -0.301. The molecule has 0 saturated carbocycles. The van der Waals surface area contributed by atoms with Gasteiger partial charge in [0.15, 0.2) is 0 Å². The van der Waals surface area contributed by atoms with Crippen molar-refractivity contribution in [2.24, 2.45) is 0 Å². The number of nitrogens with zero attached hydrogens (tertiary/aromatic N) is 1. The number of benzene rings is 2. The smallest absolute Gasteiger partial charge is 0.256 e. The normalized spacial score (nSPS) is 10.5. The first-order valence-electron chi connectivity index (χ1n) is 7.25. The van der Waals surface area contributed by atoms with Crippen LogP contribution in [0.2, 0.25) is 0 Å². The molecule has 3 rings (SSSR count). The van der Waals surface area contributed by atoms with Crippen molar-refractivity contribution in [1.82, 2.24) is 4.98 Å². The number of anilines is 2. The van der Waals surface area contributed by atoms with Crippen LogP contribution in [-0.4, -0.2) is 25.0 Å². The number of nitrogens with one attached hydrogen (secondary N) is 2. The van der Waals surface area contributed by atoms with E-state index in [1.165, 1.54) is 6.07 Å². The quantitative estimate of drug-likeness (QED) is 0.782. The molecule has 3 aromatic rings. The van der Waals surface area contributed by atoms with E-state index >= 15 is 0 Å². The summed E-state index contributed by atoms with van der Waals surface area (Å²) < 4.78 is 0. The van der Waals surface area contributed by atoms with Crippen LogP contribution in [0.1, 0.15) is 10.4 Å². The zero-order valence-corrected chi connectivity index (χ0v) is 13.0. The zero-order valence-electron chi connectivity index (χ0n) is 13.0. The fourth-order valence-corrected chi connectivity index (χ4v) is 2.43. The lowest BCUT2D eigenvalue weighted by atomic mass is 10.1. The summed E-state index contributed by atoms with van der Waals surface area (Å²) in [5.74, 6) is -0.301. The molecule has 0 unspecified atom stereocenters. The van der Waals surface area contributed by atoms with Gasteiger partial charge in [-0.2, -0.15) is 0 Å². The van der Waals surface area contributed by atoms with E-state index in [-0.39, 0.29) is 11.5 Å². The highest BCUT2D eigenvalue weighted by atomic mass is 16.2. The van der Waals surface area contributed by atoms with Gasteiger partial charge in [0.1, 0.15) is 0 Å². The molecule has 1 aromatic heterocycles. The Bertz CT molecular complexity index is 911. The molecule has 116 valence electrons. The van der Waals surface area contributed by atoms with Gasteiger partial charge in [0.05, 0.1) is 5.56 Å². The molecule has 5 heteroatoms. The number of aromatic amines is 1. The third kappa shape index (κ3) is 3.08. The summed E-state index contributed by atoms with van der Waals surface area (Å²) >= 11 is 0. The van der Waals surface area contributed by atoms with Crippen LogP contribution in [0.25, 0.3) is 10.9 Å². The van der Waals surface area contributed by atoms with Crippen molar-refractivity contribution in [2.75, 3.05) is 24.3 Å². The summed E-state index contributed by atoms with van der Waals surface area (Å²) in [6.45, 7) is 0. The van der Waals surface area contributed by atoms with E-state index in [2.05, 4.69) is 10.3 Å². The van der Waals surface area contributed by atoms with Gasteiger partial charge in [0, 0.05) is 42.4 Å². The van der Waals surface area contributed by atoms with Crippen LogP contribution in [0, 0.1) is 0 Å². The number of aromatic nitrogens is 1. The summed E-state index contributed by atoms with van der Waals surface area (Å²) in [6, 6.07) is 16.1. The minimum Gasteiger partial charge on any atom is -0.378 e. The number of fused-ring (bicyclic) bond motifs is 1. The minimum absolute atomic E-state index is 0.295. The lowest BCUT2D eigenvalue weighted by Gasteiger charge is -2.13. The van der Waals surface area contributed by atoms with E-state index in [9.17, 15) is 9.59 Å². The predicted octanol–water partition coefficient (Wildman–Crippen LogP) is 2.85. The summed E-state index contributed by atoms with van der Waals surface area (Å²) in [7, 11) is 3.91. The third-order valence-electron chi connectivity index (χ3n) is 3.64. The Morgan fingerprint density at radius 1 is 1.04 bits per heavy atom. The molecular formula is C18H17N3O2. The largest absolute Gasteiger partial charge is 0.378 e. The van der Waals surface area contributed by atoms with Gasteiger partial charge in [0.2, 0.25) is 5.56 Å². The maximum atomic E-state index is 12.5. The Hall–Kier alpha value is -3.08. The van der Waals surface area contributed by atoms with Gasteiger partial charge in [-0.3, -0.25) is 9.59 Å². The number of para-hydroxylation sites is 1. The van der Waals surface area contributed by atoms with Gasteiger partial charge in [-0.1, -0.05) is 18.2 Å². The van der Waals surface area contributed by atoms with Gasteiger partial charge in [-0.25, -0.2) is 0 Å². The Morgan fingerprint density at radius 3 is 2.43 bits per heavy atom. The van der Waals surface area contributed by atoms with Gasteiger partial charge >= 0.3 is 0 Å². The fourth-order valence-electron chi connectivity index (χ4n) is 2.43. The molecule has 0 spiro atoms. The highest BCUT2D eigenvalue weighted by molar-refractivity contribution is 6.12. The number of carbonyl (C=O) groups excluding carboxylic acids is 1. The molecule has 1 heterocycles. The van der Waals surface area contributed by atoms with Crippen LogP contribution >= 0.6 is 0 Å². The van der Waals surface area contributed by atoms with Crippen molar-refractivity contribution in [1.29, 1.82) is 0 Å². The summed E-state index contributed by atoms with van der Waals surface area (Å²) in [6.07, 6.45) is 0.